The van der Waals surface area contributed by atoms with Gasteiger partial charge < -0.3 is 0 Å². The highest BCUT2D eigenvalue weighted by atomic mass is 19.3. The van der Waals surface area contributed by atoms with Gasteiger partial charge in [-0.15, -0.1) is 0 Å². The van der Waals surface area contributed by atoms with Gasteiger partial charge in [0.05, 0.1) is 5.56 Å². The van der Waals surface area contributed by atoms with Gasteiger partial charge in [0.2, 0.25) is 0 Å². The molecule has 0 atom stereocenters. The Morgan fingerprint density at radius 2 is 2.00 bits per heavy atom. The molecular formula is C11H11F3O. The van der Waals surface area contributed by atoms with Crippen LogP contribution >= 0.6 is 0 Å². The summed E-state index contributed by atoms with van der Waals surface area (Å²) in [5.41, 5.74) is -0.292. The van der Waals surface area contributed by atoms with Crippen LogP contribution in [0.3, 0.4) is 0 Å². The van der Waals surface area contributed by atoms with Crippen molar-refractivity contribution in [2.24, 2.45) is 0 Å². The number of Topliss-reactive ketones (excluding diaryl/α,β-unsaturated/α-hetero) is 1. The number of hydrogen-bond donors (Lipinski definition) is 0. The van der Waals surface area contributed by atoms with E-state index in [4.69, 9.17) is 0 Å². The Morgan fingerprint density at radius 1 is 1.40 bits per heavy atom. The van der Waals surface area contributed by atoms with Gasteiger partial charge in [-0.1, -0.05) is 6.92 Å². The lowest BCUT2D eigenvalue weighted by molar-refractivity contribution is 0.101. The van der Waals surface area contributed by atoms with E-state index in [-0.39, 0.29) is 16.7 Å². The quantitative estimate of drug-likeness (QED) is 0.706. The first-order chi connectivity index (χ1) is 6.97. The Balaban J connectivity index is 3.37. The van der Waals surface area contributed by atoms with Crippen molar-refractivity contribution in [1.29, 1.82) is 0 Å². The molecule has 0 aliphatic rings. The third-order valence-electron chi connectivity index (χ3n) is 2.22. The molecule has 4 heteroatoms. The summed E-state index contributed by atoms with van der Waals surface area (Å²) >= 11 is 0. The molecule has 0 spiro atoms. The van der Waals surface area contributed by atoms with Crippen molar-refractivity contribution in [3.63, 3.8) is 0 Å². The maximum absolute atomic E-state index is 13.3. The lowest BCUT2D eigenvalue weighted by atomic mass is 10.00. The molecule has 0 saturated carbocycles. The van der Waals surface area contributed by atoms with E-state index in [0.29, 0.717) is 6.42 Å². The zero-order chi connectivity index (χ0) is 11.6. The Morgan fingerprint density at radius 3 is 2.40 bits per heavy atom. The SMILES string of the molecule is CCc1cc(F)c(C(C)=O)cc1C(F)F. The second-order valence-electron chi connectivity index (χ2n) is 3.24. The number of halogens is 3. The third kappa shape index (κ3) is 2.37. The van der Waals surface area contributed by atoms with Crippen molar-refractivity contribution in [2.75, 3.05) is 0 Å². The van der Waals surface area contributed by atoms with Gasteiger partial charge in [0.25, 0.3) is 6.43 Å². The van der Waals surface area contributed by atoms with Gasteiger partial charge in [-0.05, 0) is 31.0 Å². The van der Waals surface area contributed by atoms with Crippen molar-refractivity contribution in [2.45, 2.75) is 26.7 Å². The largest absolute Gasteiger partial charge is 0.294 e. The van der Waals surface area contributed by atoms with Crippen molar-refractivity contribution >= 4 is 5.78 Å². The van der Waals surface area contributed by atoms with Crippen molar-refractivity contribution in [3.8, 4) is 0 Å². The molecular weight excluding hydrogens is 205 g/mol. The minimum atomic E-state index is -2.68. The number of carbonyl (C=O) groups is 1. The molecule has 0 saturated heterocycles. The van der Waals surface area contributed by atoms with Gasteiger partial charge in [-0.2, -0.15) is 0 Å². The molecule has 0 heterocycles. The Hall–Kier alpha value is -1.32. The van der Waals surface area contributed by atoms with E-state index in [2.05, 4.69) is 0 Å². The highest BCUT2D eigenvalue weighted by molar-refractivity contribution is 5.94. The van der Waals surface area contributed by atoms with Gasteiger partial charge in [0, 0.05) is 5.56 Å². The smallest absolute Gasteiger partial charge is 0.264 e. The van der Waals surface area contributed by atoms with Crippen LogP contribution in [0.2, 0.25) is 0 Å². The zero-order valence-electron chi connectivity index (χ0n) is 8.48. The van der Waals surface area contributed by atoms with Crippen LogP contribution in [0.15, 0.2) is 12.1 Å². The highest BCUT2D eigenvalue weighted by Gasteiger charge is 2.17. The number of rotatable bonds is 3. The first-order valence-corrected chi connectivity index (χ1v) is 4.58. The maximum Gasteiger partial charge on any atom is 0.264 e. The maximum atomic E-state index is 13.3. The molecule has 0 fully saturated rings. The number of hydrogen-bond acceptors (Lipinski definition) is 1. The average Bonchev–Trinajstić information content (AvgIpc) is 2.16. The fraction of sp³-hybridized carbons (Fsp3) is 0.364. The summed E-state index contributed by atoms with van der Waals surface area (Å²) in [5.74, 6) is -1.28. The molecule has 0 aromatic heterocycles. The average molecular weight is 216 g/mol. The van der Waals surface area contributed by atoms with Crippen LogP contribution in [-0.4, -0.2) is 5.78 Å². The van der Waals surface area contributed by atoms with Gasteiger partial charge in [0.15, 0.2) is 5.78 Å². The highest BCUT2D eigenvalue weighted by Crippen LogP contribution is 2.26. The van der Waals surface area contributed by atoms with E-state index >= 15 is 0 Å². The molecule has 0 aliphatic carbocycles. The van der Waals surface area contributed by atoms with Crippen LogP contribution in [0.4, 0.5) is 13.2 Å². The first-order valence-electron chi connectivity index (χ1n) is 4.58. The minimum absolute atomic E-state index is 0.243. The number of ketones is 1. The molecule has 82 valence electrons. The van der Waals surface area contributed by atoms with Crippen LogP contribution < -0.4 is 0 Å². The molecule has 0 N–H and O–H groups in total. The lowest BCUT2D eigenvalue weighted by Crippen LogP contribution is -2.03. The van der Waals surface area contributed by atoms with Crippen molar-refractivity contribution in [3.05, 3.63) is 34.6 Å². The molecule has 1 aromatic rings. The number of carbonyl (C=O) groups excluding carboxylic acids is 1. The summed E-state index contributed by atoms with van der Waals surface area (Å²) in [4.78, 5) is 11.0. The summed E-state index contributed by atoms with van der Waals surface area (Å²) in [6, 6.07) is 1.96. The second-order valence-corrected chi connectivity index (χ2v) is 3.24. The van der Waals surface area contributed by atoms with Crippen LogP contribution in [0.5, 0.6) is 0 Å². The lowest BCUT2D eigenvalue weighted by Gasteiger charge is -2.09. The van der Waals surface area contributed by atoms with Crippen LogP contribution in [0.25, 0.3) is 0 Å². The normalized spacial score (nSPS) is 10.8. The molecule has 1 nitrogen and oxygen atoms in total. The summed E-state index contributed by atoms with van der Waals surface area (Å²) < 4.78 is 38.4. The van der Waals surface area contributed by atoms with Crippen molar-refractivity contribution < 1.29 is 18.0 Å². The fourth-order valence-corrected chi connectivity index (χ4v) is 1.41. The van der Waals surface area contributed by atoms with Gasteiger partial charge in [-0.3, -0.25) is 4.79 Å². The Labute approximate surface area is 85.9 Å². The molecule has 0 bridgehead atoms. The van der Waals surface area contributed by atoms with Gasteiger partial charge >= 0.3 is 0 Å². The summed E-state index contributed by atoms with van der Waals surface area (Å²) in [5, 5.41) is 0. The molecule has 0 aliphatic heterocycles. The first kappa shape index (κ1) is 11.8. The molecule has 0 radical (unpaired) electrons. The standard InChI is InChI=1S/C11H11F3O/c1-3-7-4-10(12)8(6(2)15)5-9(7)11(13)14/h4-5,11H,3H2,1-2H3. The zero-order valence-corrected chi connectivity index (χ0v) is 8.48. The van der Waals surface area contributed by atoms with E-state index in [9.17, 15) is 18.0 Å². The fourth-order valence-electron chi connectivity index (χ4n) is 1.41. The Bertz CT molecular complexity index is 386. The van der Waals surface area contributed by atoms with Gasteiger partial charge in [0.1, 0.15) is 5.82 Å². The van der Waals surface area contributed by atoms with E-state index in [0.717, 1.165) is 19.1 Å². The number of aryl methyl sites for hydroxylation is 1. The predicted octanol–water partition coefficient (Wildman–Crippen LogP) is 3.53. The summed E-state index contributed by atoms with van der Waals surface area (Å²) in [7, 11) is 0. The van der Waals surface area contributed by atoms with Crippen LogP contribution in [0, 0.1) is 5.82 Å². The summed E-state index contributed by atoms with van der Waals surface area (Å²) in [6.45, 7) is 2.81. The molecule has 1 aromatic carbocycles. The van der Waals surface area contributed by atoms with E-state index < -0.39 is 18.0 Å². The van der Waals surface area contributed by atoms with Gasteiger partial charge in [-0.25, -0.2) is 13.2 Å². The molecule has 1 rings (SSSR count). The van der Waals surface area contributed by atoms with E-state index in [1.807, 2.05) is 0 Å². The number of alkyl halides is 2. The number of benzene rings is 1. The monoisotopic (exact) mass is 216 g/mol. The van der Waals surface area contributed by atoms with Crippen molar-refractivity contribution in [1.82, 2.24) is 0 Å². The molecule has 0 unspecified atom stereocenters. The van der Waals surface area contributed by atoms with E-state index in [1.54, 1.807) is 6.92 Å². The van der Waals surface area contributed by atoms with Crippen LogP contribution in [-0.2, 0) is 6.42 Å². The van der Waals surface area contributed by atoms with E-state index in [1.165, 1.54) is 0 Å². The Kier molecular flexibility index (Phi) is 3.50. The third-order valence-corrected chi connectivity index (χ3v) is 2.22. The molecule has 0 amide bonds. The molecule has 15 heavy (non-hydrogen) atoms. The predicted molar refractivity (Wildman–Crippen MR) is 50.7 cm³/mol. The topological polar surface area (TPSA) is 17.1 Å². The second kappa shape index (κ2) is 4.47. The minimum Gasteiger partial charge on any atom is -0.294 e. The summed E-state index contributed by atoms with van der Waals surface area (Å²) in [6.07, 6.45) is -2.37. The van der Waals surface area contributed by atoms with Crippen LogP contribution in [0.1, 0.15) is 41.8 Å².